The molecule has 0 saturated carbocycles. The summed E-state index contributed by atoms with van der Waals surface area (Å²) < 4.78 is 0. The van der Waals surface area contributed by atoms with Crippen molar-refractivity contribution in [1.82, 2.24) is 4.90 Å². The number of thiophene rings is 1. The van der Waals surface area contributed by atoms with Gasteiger partial charge in [0, 0.05) is 19.0 Å². The van der Waals surface area contributed by atoms with Crippen LogP contribution in [0.5, 0.6) is 0 Å². The lowest BCUT2D eigenvalue weighted by molar-refractivity contribution is 0.0826. The van der Waals surface area contributed by atoms with E-state index in [-0.39, 0.29) is 11.3 Å². The summed E-state index contributed by atoms with van der Waals surface area (Å²) in [4.78, 5) is 15.2. The quantitative estimate of drug-likeness (QED) is 0.835. The smallest absolute Gasteiger partial charge is 0.256 e. The van der Waals surface area contributed by atoms with Crippen LogP contribution < -0.4 is 5.73 Å². The first kappa shape index (κ1) is 12.4. The van der Waals surface area contributed by atoms with Crippen molar-refractivity contribution in [3.05, 3.63) is 16.0 Å². The molecule has 1 aromatic heterocycles. The molecule has 1 aliphatic carbocycles. The highest BCUT2D eigenvalue weighted by Gasteiger charge is 2.35. The second-order valence-electron chi connectivity index (χ2n) is 5.58. The predicted molar refractivity (Wildman–Crippen MR) is 72.7 cm³/mol. The Bertz CT molecular complexity index is 460. The zero-order valence-electron chi connectivity index (χ0n) is 11.0. The molecule has 0 radical (unpaired) electrons. The first-order valence-electron chi connectivity index (χ1n) is 5.98. The molecule has 2 rings (SSSR count). The van der Waals surface area contributed by atoms with Crippen LogP contribution in [0.1, 0.15) is 47.5 Å². The van der Waals surface area contributed by atoms with E-state index in [1.165, 1.54) is 16.9 Å². The lowest BCUT2D eigenvalue weighted by Crippen LogP contribution is -2.29. The van der Waals surface area contributed by atoms with E-state index in [1.54, 1.807) is 30.3 Å². The van der Waals surface area contributed by atoms with Gasteiger partial charge in [-0.2, -0.15) is 0 Å². The predicted octanol–water partition coefficient (Wildman–Crippen LogP) is 2.65. The minimum atomic E-state index is 0.0370. The van der Waals surface area contributed by atoms with Gasteiger partial charge in [0.25, 0.3) is 5.91 Å². The Morgan fingerprint density at radius 3 is 2.65 bits per heavy atom. The van der Waals surface area contributed by atoms with Gasteiger partial charge >= 0.3 is 0 Å². The molecule has 1 amide bonds. The molecule has 0 spiro atoms. The second-order valence-corrected chi connectivity index (χ2v) is 6.71. The van der Waals surface area contributed by atoms with Crippen molar-refractivity contribution in [1.29, 1.82) is 0 Å². The van der Waals surface area contributed by atoms with Crippen molar-refractivity contribution < 1.29 is 4.79 Å². The highest BCUT2D eigenvalue weighted by Crippen LogP contribution is 2.45. The highest BCUT2D eigenvalue weighted by molar-refractivity contribution is 7.16. The molecule has 1 aromatic rings. The van der Waals surface area contributed by atoms with Crippen LogP contribution in [0.2, 0.25) is 0 Å². The normalized spacial score (nSPS) is 17.6. The summed E-state index contributed by atoms with van der Waals surface area (Å²) in [6, 6.07) is 0. The zero-order valence-corrected chi connectivity index (χ0v) is 11.8. The van der Waals surface area contributed by atoms with Gasteiger partial charge in [0.2, 0.25) is 0 Å². The molecule has 94 valence electrons. The average Bonchev–Trinajstić information content (AvgIpc) is 2.54. The molecule has 0 aliphatic heterocycles. The second kappa shape index (κ2) is 4.02. The van der Waals surface area contributed by atoms with Crippen LogP contribution in [-0.4, -0.2) is 24.9 Å². The van der Waals surface area contributed by atoms with Crippen LogP contribution in [0.15, 0.2) is 0 Å². The van der Waals surface area contributed by atoms with Gasteiger partial charge in [-0.1, -0.05) is 13.8 Å². The lowest BCUT2D eigenvalue weighted by atomic mass is 9.74. The molecule has 4 heteroatoms. The molecule has 0 unspecified atom stereocenters. The Morgan fingerprint density at radius 1 is 1.41 bits per heavy atom. The molecule has 0 aromatic carbocycles. The van der Waals surface area contributed by atoms with Crippen molar-refractivity contribution >= 4 is 22.2 Å². The molecule has 0 bridgehead atoms. The third-order valence-corrected chi connectivity index (χ3v) is 4.59. The Kier molecular flexibility index (Phi) is 2.94. The number of amides is 1. The number of fused-ring (bicyclic) bond motifs is 1. The SMILES string of the molecule is CN(C)C(=O)c1c(N)sc2c1C(C)(C)CCC2. The van der Waals surface area contributed by atoms with Gasteiger partial charge in [0.05, 0.1) is 10.6 Å². The first-order chi connectivity index (χ1) is 7.84. The summed E-state index contributed by atoms with van der Waals surface area (Å²) in [7, 11) is 3.56. The average molecular weight is 252 g/mol. The lowest BCUT2D eigenvalue weighted by Gasteiger charge is -2.31. The third kappa shape index (κ3) is 1.95. The number of hydrogen-bond donors (Lipinski definition) is 1. The number of aryl methyl sites for hydroxylation is 1. The maximum Gasteiger partial charge on any atom is 0.256 e. The van der Waals surface area contributed by atoms with Gasteiger partial charge in [-0.25, -0.2) is 0 Å². The number of nitrogens with two attached hydrogens (primary N) is 1. The Hall–Kier alpha value is -1.03. The van der Waals surface area contributed by atoms with Gasteiger partial charge < -0.3 is 10.6 Å². The van der Waals surface area contributed by atoms with Crippen molar-refractivity contribution in [2.75, 3.05) is 19.8 Å². The highest BCUT2D eigenvalue weighted by atomic mass is 32.1. The van der Waals surface area contributed by atoms with Crippen LogP contribution in [-0.2, 0) is 11.8 Å². The van der Waals surface area contributed by atoms with Gasteiger partial charge in [-0.05, 0) is 30.2 Å². The molecule has 17 heavy (non-hydrogen) atoms. The summed E-state index contributed by atoms with van der Waals surface area (Å²) in [5.41, 5.74) is 8.07. The van der Waals surface area contributed by atoms with Crippen LogP contribution >= 0.6 is 11.3 Å². The standard InChI is InChI=1S/C13H20N2OS/c1-13(2)7-5-6-8-10(13)9(11(14)17-8)12(16)15(3)4/h5-7,14H2,1-4H3. The molecular weight excluding hydrogens is 232 g/mol. The van der Waals surface area contributed by atoms with E-state index in [9.17, 15) is 4.79 Å². The third-order valence-electron chi connectivity index (χ3n) is 3.51. The van der Waals surface area contributed by atoms with E-state index >= 15 is 0 Å². The fraction of sp³-hybridized carbons (Fsp3) is 0.615. The fourth-order valence-electron chi connectivity index (χ4n) is 2.64. The fourth-order valence-corrected chi connectivity index (χ4v) is 3.92. The van der Waals surface area contributed by atoms with E-state index < -0.39 is 0 Å². The Balaban J connectivity index is 2.61. The van der Waals surface area contributed by atoms with Crippen LogP contribution in [0.3, 0.4) is 0 Å². The number of rotatable bonds is 1. The maximum absolute atomic E-state index is 12.2. The van der Waals surface area contributed by atoms with Crippen molar-refractivity contribution in [2.24, 2.45) is 0 Å². The minimum Gasteiger partial charge on any atom is -0.390 e. The summed E-state index contributed by atoms with van der Waals surface area (Å²) in [5.74, 6) is 0.0370. The van der Waals surface area contributed by atoms with E-state index in [4.69, 9.17) is 5.73 Å². The van der Waals surface area contributed by atoms with E-state index in [0.29, 0.717) is 5.00 Å². The number of anilines is 1. The maximum atomic E-state index is 12.2. The van der Waals surface area contributed by atoms with Gasteiger partial charge in [-0.3, -0.25) is 4.79 Å². The largest absolute Gasteiger partial charge is 0.390 e. The molecule has 0 saturated heterocycles. The van der Waals surface area contributed by atoms with Crippen molar-refractivity contribution in [2.45, 2.75) is 38.5 Å². The summed E-state index contributed by atoms with van der Waals surface area (Å²) in [6.07, 6.45) is 3.38. The number of carbonyl (C=O) groups is 1. The number of nitrogens with zero attached hydrogens (tertiary/aromatic N) is 1. The van der Waals surface area contributed by atoms with Crippen LogP contribution in [0, 0.1) is 0 Å². The number of carbonyl (C=O) groups excluding carboxylic acids is 1. The van der Waals surface area contributed by atoms with E-state index in [0.717, 1.165) is 18.4 Å². The summed E-state index contributed by atoms with van der Waals surface area (Å²) >= 11 is 1.60. The zero-order chi connectivity index (χ0) is 12.8. The number of hydrogen-bond acceptors (Lipinski definition) is 3. The molecule has 1 heterocycles. The molecule has 3 nitrogen and oxygen atoms in total. The van der Waals surface area contributed by atoms with Crippen molar-refractivity contribution in [3.63, 3.8) is 0 Å². The van der Waals surface area contributed by atoms with E-state index in [2.05, 4.69) is 13.8 Å². The van der Waals surface area contributed by atoms with Crippen LogP contribution in [0.4, 0.5) is 5.00 Å². The molecule has 1 aliphatic rings. The molecule has 0 atom stereocenters. The van der Waals surface area contributed by atoms with Crippen molar-refractivity contribution in [3.8, 4) is 0 Å². The van der Waals surface area contributed by atoms with Gasteiger partial charge in [0.1, 0.15) is 0 Å². The Morgan fingerprint density at radius 2 is 2.06 bits per heavy atom. The Labute approximate surface area is 107 Å². The van der Waals surface area contributed by atoms with Crippen LogP contribution in [0.25, 0.3) is 0 Å². The molecule has 0 fully saturated rings. The summed E-state index contributed by atoms with van der Waals surface area (Å²) in [6.45, 7) is 4.42. The minimum absolute atomic E-state index is 0.0370. The van der Waals surface area contributed by atoms with E-state index in [1.807, 2.05) is 0 Å². The topological polar surface area (TPSA) is 46.3 Å². The molecule has 2 N–H and O–H groups in total. The summed E-state index contributed by atoms with van der Waals surface area (Å²) in [5, 5.41) is 0.684. The number of nitrogen functional groups attached to an aromatic ring is 1. The van der Waals surface area contributed by atoms with Gasteiger partial charge in [-0.15, -0.1) is 11.3 Å². The monoisotopic (exact) mass is 252 g/mol. The first-order valence-corrected chi connectivity index (χ1v) is 6.79. The van der Waals surface area contributed by atoms with Gasteiger partial charge in [0.15, 0.2) is 0 Å². The molecular formula is C13H20N2OS.